The van der Waals surface area contributed by atoms with Gasteiger partial charge in [0.25, 0.3) is 0 Å². The molecule has 6 heteroatoms. The van der Waals surface area contributed by atoms with Crippen molar-refractivity contribution in [3.05, 3.63) is 42.0 Å². The van der Waals surface area contributed by atoms with Crippen LogP contribution in [-0.2, 0) is 0 Å². The Morgan fingerprint density at radius 1 is 1.50 bits per heavy atom. The Bertz CT molecular complexity index is 683. The fourth-order valence-electron chi connectivity index (χ4n) is 1.70. The van der Waals surface area contributed by atoms with E-state index in [0.717, 1.165) is 0 Å². The van der Waals surface area contributed by atoms with Gasteiger partial charge in [0.2, 0.25) is 0 Å². The predicted molar refractivity (Wildman–Crippen MR) is 71.0 cm³/mol. The monoisotopic (exact) mass is 271 g/mol. The quantitative estimate of drug-likeness (QED) is 0.921. The van der Waals surface area contributed by atoms with E-state index in [0.29, 0.717) is 17.0 Å². The van der Waals surface area contributed by atoms with Gasteiger partial charge in [-0.3, -0.25) is 0 Å². The maximum atomic E-state index is 10.8. The Labute approximate surface area is 115 Å². The number of hydrogen-bond donors (Lipinski definition) is 1. The van der Waals surface area contributed by atoms with Gasteiger partial charge in [-0.1, -0.05) is 0 Å². The van der Waals surface area contributed by atoms with E-state index in [-0.39, 0.29) is 11.8 Å². The molecule has 1 heterocycles. The molecule has 6 nitrogen and oxygen atoms in total. The van der Waals surface area contributed by atoms with E-state index in [4.69, 9.17) is 15.1 Å². The molecule has 0 atom stereocenters. The van der Waals surface area contributed by atoms with Gasteiger partial charge in [-0.25, -0.2) is 9.78 Å². The first-order valence-electron chi connectivity index (χ1n) is 5.99. The van der Waals surface area contributed by atoms with Crippen LogP contribution in [0.2, 0.25) is 0 Å². The lowest BCUT2D eigenvalue weighted by Gasteiger charge is -2.12. The van der Waals surface area contributed by atoms with Crippen LogP contribution >= 0.6 is 0 Å². The van der Waals surface area contributed by atoms with Gasteiger partial charge < -0.3 is 14.4 Å². The molecule has 20 heavy (non-hydrogen) atoms. The summed E-state index contributed by atoms with van der Waals surface area (Å²) in [6.45, 7) is 3.76. The van der Waals surface area contributed by atoms with Crippen molar-refractivity contribution in [2.24, 2.45) is 0 Å². The first-order valence-corrected chi connectivity index (χ1v) is 5.99. The Hall–Kier alpha value is -2.81. The number of carboxylic acid groups (broad SMARTS) is 1. The third-order valence-electron chi connectivity index (χ3n) is 2.55. The van der Waals surface area contributed by atoms with Gasteiger partial charge in [-0.2, -0.15) is 5.26 Å². The largest absolute Gasteiger partial charge is 0.490 e. The zero-order chi connectivity index (χ0) is 14.7. The highest BCUT2D eigenvalue weighted by atomic mass is 16.5. The molecule has 0 radical (unpaired) electrons. The van der Waals surface area contributed by atoms with Crippen LogP contribution in [0, 0.1) is 11.3 Å². The lowest BCUT2D eigenvalue weighted by Crippen LogP contribution is -2.07. The Morgan fingerprint density at radius 2 is 2.25 bits per heavy atom. The normalized spacial score (nSPS) is 10.3. The second-order valence-corrected chi connectivity index (χ2v) is 4.43. The number of rotatable bonds is 4. The molecule has 0 aliphatic rings. The molecule has 0 aliphatic carbocycles. The molecule has 0 fully saturated rings. The number of carboxylic acids is 1. The molecule has 2 aromatic rings. The Balaban J connectivity index is 2.38. The number of nitriles is 1. The number of hydrogen-bond acceptors (Lipinski definition) is 4. The number of carbonyl (C=O) groups is 1. The number of aromatic nitrogens is 2. The van der Waals surface area contributed by atoms with Crippen molar-refractivity contribution in [3.63, 3.8) is 0 Å². The van der Waals surface area contributed by atoms with Crippen molar-refractivity contribution in [1.29, 1.82) is 5.26 Å². The Morgan fingerprint density at radius 3 is 2.80 bits per heavy atom. The van der Waals surface area contributed by atoms with Crippen LogP contribution in [0.1, 0.15) is 29.9 Å². The van der Waals surface area contributed by atoms with Crippen LogP contribution < -0.4 is 4.74 Å². The summed E-state index contributed by atoms with van der Waals surface area (Å²) in [6.07, 6.45) is 2.75. The first-order chi connectivity index (χ1) is 9.51. The first kappa shape index (κ1) is 13.6. The molecule has 1 aromatic heterocycles. The third-order valence-corrected chi connectivity index (χ3v) is 2.55. The molecule has 102 valence electrons. The van der Waals surface area contributed by atoms with Gasteiger partial charge in [-0.15, -0.1) is 0 Å². The molecule has 1 N–H and O–H groups in total. The van der Waals surface area contributed by atoms with Crippen LogP contribution in [0.4, 0.5) is 0 Å². The average Bonchev–Trinajstić information content (AvgIpc) is 2.88. The number of imidazole rings is 1. The Kier molecular flexibility index (Phi) is 3.71. The minimum atomic E-state index is -1.09. The highest BCUT2D eigenvalue weighted by molar-refractivity contribution is 5.85. The summed E-state index contributed by atoms with van der Waals surface area (Å²) in [6, 6.07) is 7.13. The molecule has 0 unspecified atom stereocenters. The number of ether oxygens (including phenoxy) is 1. The van der Waals surface area contributed by atoms with Crippen molar-refractivity contribution >= 4 is 5.97 Å². The van der Waals surface area contributed by atoms with E-state index in [1.807, 2.05) is 13.8 Å². The molecule has 2 rings (SSSR count). The van der Waals surface area contributed by atoms with Gasteiger partial charge >= 0.3 is 5.97 Å². The maximum absolute atomic E-state index is 10.8. The topological polar surface area (TPSA) is 88.1 Å². The van der Waals surface area contributed by atoms with E-state index in [2.05, 4.69) is 11.1 Å². The molecule has 0 saturated heterocycles. The van der Waals surface area contributed by atoms with Gasteiger partial charge in [0.1, 0.15) is 18.1 Å². The predicted octanol–water partition coefficient (Wildman–Crippen LogP) is 2.23. The van der Waals surface area contributed by atoms with E-state index < -0.39 is 5.97 Å². The molecule has 0 spiro atoms. The molecular formula is C14H13N3O3. The molecule has 0 amide bonds. The molecule has 0 bridgehead atoms. The van der Waals surface area contributed by atoms with Gasteiger partial charge in [0.05, 0.1) is 11.7 Å². The second kappa shape index (κ2) is 5.45. The van der Waals surface area contributed by atoms with E-state index in [1.165, 1.54) is 12.5 Å². The van der Waals surface area contributed by atoms with E-state index >= 15 is 0 Å². The summed E-state index contributed by atoms with van der Waals surface area (Å²) in [5.41, 5.74) is 0.991. The van der Waals surface area contributed by atoms with Crippen LogP contribution in [0.15, 0.2) is 30.7 Å². The molecule has 1 aromatic carbocycles. The van der Waals surface area contributed by atoms with Crippen LogP contribution in [0.25, 0.3) is 5.69 Å². The maximum Gasteiger partial charge on any atom is 0.356 e. The molecule has 0 aliphatic heterocycles. The summed E-state index contributed by atoms with van der Waals surface area (Å²) in [4.78, 5) is 14.6. The zero-order valence-electron chi connectivity index (χ0n) is 11.1. The fourth-order valence-corrected chi connectivity index (χ4v) is 1.70. The van der Waals surface area contributed by atoms with Crippen molar-refractivity contribution in [2.75, 3.05) is 0 Å². The van der Waals surface area contributed by atoms with Crippen LogP contribution in [0.5, 0.6) is 5.75 Å². The summed E-state index contributed by atoms with van der Waals surface area (Å²) >= 11 is 0. The standard InChI is InChI=1S/C14H13N3O3/c1-9(2)20-13-4-3-11(5-10(13)6-15)17-7-12(14(18)19)16-8-17/h3-5,7-9H,1-2H3,(H,18,19). The van der Waals surface area contributed by atoms with Gasteiger partial charge in [0, 0.05) is 11.9 Å². The molecular weight excluding hydrogens is 258 g/mol. The third kappa shape index (κ3) is 2.78. The zero-order valence-corrected chi connectivity index (χ0v) is 11.1. The van der Waals surface area contributed by atoms with Crippen LogP contribution in [-0.4, -0.2) is 26.7 Å². The SMILES string of the molecule is CC(C)Oc1ccc(-n2cnc(C(=O)O)c2)cc1C#N. The van der Waals surface area contributed by atoms with Crippen molar-refractivity contribution in [3.8, 4) is 17.5 Å². The average molecular weight is 271 g/mol. The minimum absolute atomic E-state index is 0.0280. The highest BCUT2D eigenvalue weighted by Gasteiger charge is 2.10. The highest BCUT2D eigenvalue weighted by Crippen LogP contribution is 2.22. The number of benzene rings is 1. The number of nitrogens with zero attached hydrogens (tertiary/aromatic N) is 3. The summed E-state index contributed by atoms with van der Waals surface area (Å²) < 4.78 is 7.07. The van der Waals surface area contributed by atoms with Crippen molar-refractivity contribution < 1.29 is 14.6 Å². The van der Waals surface area contributed by atoms with Crippen molar-refractivity contribution in [1.82, 2.24) is 9.55 Å². The summed E-state index contributed by atoms with van der Waals surface area (Å²) in [7, 11) is 0. The van der Waals surface area contributed by atoms with E-state index in [1.54, 1.807) is 22.8 Å². The minimum Gasteiger partial charge on any atom is -0.490 e. The van der Waals surface area contributed by atoms with Crippen molar-refractivity contribution in [2.45, 2.75) is 20.0 Å². The van der Waals surface area contributed by atoms with Gasteiger partial charge in [0.15, 0.2) is 5.69 Å². The summed E-state index contributed by atoms with van der Waals surface area (Å²) in [5, 5.41) is 18.0. The van der Waals surface area contributed by atoms with Crippen LogP contribution in [0.3, 0.4) is 0 Å². The van der Waals surface area contributed by atoms with Gasteiger partial charge in [-0.05, 0) is 32.0 Å². The fraction of sp³-hybridized carbons (Fsp3) is 0.214. The second-order valence-electron chi connectivity index (χ2n) is 4.43. The lowest BCUT2D eigenvalue weighted by atomic mass is 10.2. The number of aromatic carboxylic acids is 1. The summed E-state index contributed by atoms with van der Waals surface area (Å²) in [5.74, 6) is -0.589. The lowest BCUT2D eigenvalue weighted by molar-refractivity contribution is 0.0691. The molecule has 0 saturated carbocycles. The van der Waals surface area contributed by atoms with E-state index in [9.17, 15) is 4.79 Å². The smallest absolute Gasteiger partial charge is 0.356 e.